The number of ether oxygens (including phenoxy) is 1. The highest BCUT2D eigenvalue weighted by atomic mass is 35.5. The number of benzene rings is 1. The molecule has 1 unspecified atom stereocenters. The van der Waals surface area contributed by atoms with E-state index in [9.17, 15) is 4.79 Å². The van der Waals surface area contributed by atoms with Gasteiger partial charge in [-0.05, 0) is 50.1 Å². The maximum Gasteiger partial charge on any atom is 0.303 e. The van der Waals surface area contributed by atoms with Gasteiger partial charge in [-0.1, -0.05) is 18.0 Å². The normalized spacial score (nSPS) is 19.4. The summed E-state index contributed by atoms with van der Waals surface area (Å²) in [6.45, 7) is 2.49. The minimum atomic E-state index is -0.710. The molecule has 1 saturated heterocycles. The van der Waals surface area contributed by atoms with Gasteiger partial charge in [-0.25, -0.2) is 0 Å². The lowest BCUT2D eigenvalue weighted by Crippen LogP contribution is -2.42. The second kappa shape index (κ2) is 8.25. The van der Waals surface area contributed by atoms with Crippen LogP contribution in [0.4, 0.5) is 0 Å². The van der Waals surface area contributed by atoms with E-state index in [1.165, 1.54) is 12.8 Å². The van der Waals surface area contributed by atoms with E-state index >= 15 is 0 Å². The number of hydrogen-bond donors (Lipinski definition) is 1. The Labute approximate surface area is 130 Å². The molecule has 0 spiro atoms. The van der Waals surface area contributed by atoms with Gasteiger partial charge in [0.15, 0.2) is 0 Å². The van der Waals surface area contributed by atoms with E-state index in [2.05, 4.69) is 4.90 Å². The van der Waals surface area contributed by atoms with Crippen molar-refractivity contribution in [3.05, 3.63) is 29.3 Å². The summed E-state index contributed by atoms with van der Waals surface area (Å²) in [7, 11) is 0. The van der Waals surface area contributed by atoms with Crippen molar-refractivity contribution in [1.29, 1.82) is 0 Å². The Balaban J connectivity index is 1.76. The molecule has 2 rings (SSSR count). The quantitative estimate of drug-likeness (QED) is 0.838. The van der Waals surface area contributed by atoms with E-state index < -0.39 is 5.97 Å². The monoisotopic (exact) mass is 311 g/mol. The van der Waals surface area contributed by atoms with Gasteiger partial charge in [-0.3, -0.25) is 9.69 Å². The number of halogens is 1. The Hall–Kier alpha value is -1.26. The van der Waals surface area contributed by atoms with Crippen LogP contribution in [-0.2, 0) is 4.79 Å². The number of carbonyl (C=O) groups is 1. The molecular formula is C16H22ClNO3. The van der Waals surface area contributed by atoms with Gasteiger partial charge < -0.3 is 9.84 Å². The highest BCUT2D eigenvalue weighted by molar-refractivity contribution is 6.30. The predicted octanol–water partition coefficient (Wildman–Crippen LogP) is 3.44. The zero-order valence-electron chi connectivity index (χ0n) is 12.1. The van der Waals surface area contributed by atoms with Crippen LogP contribution in [0.15, 0.2) is 24.3 Å². The van der Waals surface area contributed by atoms with E-state index in [1.807, 2.05) is 24.3 Å². The van der Waals surface area contributed by atoms with Gasteiger partial charge >= 0.3 is 5.97 Å². The first-order chi connectivity index (χ1) is 10.1. The molecule has 1 aliphatic heterocycles. The van der Waals surface area contributed by atoms with Crippen molar-refractivity contribution in [1.82, 2.24) is 4.90 Å². The number of hydrogen-bond acceptors (Lipinski definition) is 3. The zero-order chi connectivity index (χ0) is 15.1. The average molecular weight is 312 g/mol. The summed E-state index contributed by atoms with van der Waals surface area (Å²) in [5.41, 5.74) is 0. The number of piperidine rings is 1. The lowest BCUT2D eigenvalue weighted by molar-refractivity contribution is -0.137. The fourth-order valence-corrected chi connectivity index (χ4v) is 2.91. The lowest BCUT2D eigenvalue weighted by Gasteiger charge is -2.35. The largest absolute Gasteiger partial charge is 0.492 e. The smallest absolute Gasteiger partial charge is 0.303 e. The molecule has 4 nitrogen and oxygen atoms in total. The Morgan fingerprint density at radius 2 is 2.10 bits per heavy atom. The van der Waals surface area contributed by atoms with Crippen LogP contribution in [0.2, 0.25) is 5.02 Å². The van der Waals surface area contributed by atoms with Crippen molar-refractivity contribution >= 4 is 17.6 Å². The minimum Gasteiger partial charge on any atom is -0.492 e. The third-order valence-electron chi connectivity index (χ3n) is 3.90. The van der Waals surface area contributed by atoms with Crippen molar-refractivity contribution in [2.24, 2.45) is 0 Å². The third kappa shape index (κ3) is 5.56. The van der Waals surface area contributed by atoms with Crippen LogP contribution in [0.1, 0.15) is 32.1 Å². The fourth-order valence-electron chi connectivity index (χ4n) is 2.78. The van der Waals surface area contributed by atoms with Crippen molar-refractivity contribution in [2.75, 3.05) is 19.7 Å². The van der Waals surface area contributed by atoms with Gasteiger partial charge in [0, 0.05) is 24.0 Å². The van der Waals surface area contributed by atoms with Crippen LogP contribution in [0.3, 0.4) is 0 Å². The molecule has 116 valence electrons. The maximum absolute atomic E-state index is 10.7. The van der Waals surface area contributed by atoms with Crippen molar-refractivity contribution < 1.29 is 14.6 Å². The van der Waals surface area contributed by atoms with Crippen LogP contribution >= 0.6 is 11.6 Å². The fraction of sp³-hybridized carbons (Fsp3) is 0.562. The molecule has 5 heteroatoms. The Kier molecular flexibility index (Phi) is 6.33. The van der Waals surface area contributed by atoms with E-state index in [1.54, 1.807) is 0 Å². The second-order valence-corrected chi connectivity index (χ2v) is 5.86. The molecule has 1 N–H and O–H groups in total. The molecule has 1 aromatic carbocycles. The molecule has 21 heavy (non-hydrogen) atoms. The Bertz CT molecular complexity index is 449. The predicted molar refractivity (Wildman–Crippen MR) is 83.0 cm³/mol. The molecule has 1 fully saturated rings. The maximum atomic E-state index is 10.7. The topological polar surface area (TPSA) is 49.8 Å². The molecule has 1 atom stereocenters. The van der Waals surface area contributed by atoms with Gasteiger partial charge in [0.2, 0.25) is 0 Å². The van der Waals surface area contributed by atoms with Crippen LogP contribution in [0, 0.1) is 0 Å². The third-order valence-corrected chi connectivity index (χ3v) is 4.15. The van der Waals surface area contributed by atoms with Gasteiger partial charge in [-0.15, -0.1) is 0 Å². The molecule has 0 aromatic heterocycles. The molecule has 0 radical (unpaired) electrons. The van der Waals surface area contributed by atoms with Gasteiger partial charge in [0.25, 0.3) is 0 Å². The first kappa shape index (κ1) is 16.1. The number of carboxylic acid groups (broad SMARTS) is 1. The minimum absolute atomic E-state index is 0.249. The lowest BCUT2D eigenvalue weighted by atomic mass is 9.98. The SMILES string of the molecule is O=C(O)CCC1CCCCN1CCOc1ccc(Cl)cc1. The Morgan fingerprint density at radius 1 is 1.33 bits per heavy atom. The summed E-state index contributed by atoms with van der Waals surface area (Å²) in [6, 6.07) is 7.73. The number of rotatable bonds is 7. The molecule has 0 bridgehead atoms. The van der Waals surface area contributed by atoms with Crippen LogP contribution < -0.4 is 4.74 Å². The number of carboxylic acids is 1. The van der Waals surface area contributed by atoms with E-state index in [4.69, 9.17) is 21.4 Å². The van der Waals surface area contributed by atoms with Gasteiger partial charge in [0.1, 0.15) is 12.4 Å². The van der Waals surface area contributed by atoms with E-state index in [0.717, 1.165) is 31.7 Å². The molecule has 1 heterocycles. The van der Waals surface area contributed by atoms with E-state index in [-0.39, 0.29) is 6.42 Å². The average Bonchev–Trinajstić information content (AvgIpc) is 2.48. The first-order valence-corrected chi connectivity index (χ1v) is 7.87. The summed E-state index contributed by atoms with van der Waals surface area (Å²) >= 11 is 5.84. The summed E-state index contributed by atoms with van der Waals surface area (Å²) in [5.74, 6) is 0.108. The molecule has 0 amide bonds. The highest BCUT2D eigenvalue weighted by Gasteiger charge is 2.22. The molecule has 0 saturated carbocycles. The van der Waals surface area contributed by atoms with Crippen LogP contribution in [-0.4, -0.2) is 41.7 Å². The summed E-state index contributed by atoms with van der Waals surface area (Å²) in [6.07, 6.45) is 4.45. The molecule has 1 aliphatic rings. The van der Waals surface area contributed by atoms with E-state index in [0.29, 0.717) is 17.7 Å². The van der Waals surface area contributed by atoms with Crippen molar-refractivity contribution in [3.63, 3.8) is 0 Å². The Morgan fingerprint density at radius 3 is 2.81 bits per heavy atom. The van der Waals surface area contributed by atoms with Gasteiger partial charge in [-0.2, -0.15) is 0 Å². The first-order valence-electron chi connectivity index (χ1n) is 7.49. The summed E-state index contributed by atoms with van der Waals surface area (Å²) in [4.78, 5) is 13.1. The molecular weight excluding hydrogens is 290 g/mol. The standard InChI is InChI=1S/C16H22ClNO3/c17-13-4-7-15(8-5-13)21-12-11-18-10-2-1-3-14(18)6-9-16(19)20/h4-5,7-8,14H,1-3,6,9-12H2,(H,19,20). The van der Waals surface area contributed by atoms with Gasteiger partial charge in [0.05, 0.1) is 0 Å². The van der Waals surface area contributed by atoms with Crippen LogP contribution in [0.25, 0.3) is 0 Å². The number of nitrogens with zero attached hydrogens (tertiary/aromatic N) is 1. The number of aliphatic carboxylic acids is 1. The molecule has 1 aromatic rings. The molecule has 0 aliphatic carbocycles. The second-order valence-electron chi connectivity index (χ2n) is 5.42. The van der Waals surface area contributed by atoms with Crippen molar-refractivity contribution in [2.45, 2.75) is 38.1 Å². The zero-order valence-corrected chi connectivity index (χ0v) is 12.9. The van der Waals surface area contributed by atoms with Crippen LogP contribution in [0.5, 0.6) is 5.75 Å². The number of likely N-dealkylation sites (tertiary alicyclic amines) is 1. The van der Waals surface area contributed by atoms with Crippen molar-refractivity contribution in [3.8, 4) is 5.75 Å². The summed E-state index contributed by atoms with van der Waals surface area (Å²) in [5, 5.41) is 9.52. The summed E-state index contributed by atoms with van der Waals surface area (Å²) < 4.78 is 5.72. The highest BCUT2D eigenvalue weighted by Crippen LogP contribution is 2.21.